The molecular weight excluding hydrogens is 260 g/mol. The van der Waals surface area contributed by atoms with Gasteiger partial charge in [-0.1, -0.05) is 42.5 Å². The zero-order valence-electron chi connectivity index (χ0n) is 12.4. The summed E-state index contributed by atoms with van der Waals surface area (Å²) < 4.78 is 0. The van der Waals surface area contributed by atoms with E-state index >= 15 is 0 Å². The molecule has 0 aromatic heterocycles. The summed E-state index contributed by atoms with van der Waals surface area (Å²) in [6.45, 7) is 4.31. The highest BCUT2D eigenvalue weighted by Crippen LogP contribution is 2.21. The van der Waals surface area contributed by atoms with Crippen LogP contribution in [-0.2, 0) is 5.60 Å². The van der Waals surface area contributed by atoms with E-state index in [2.05, 4.69) is 11.4 Å². The predicted octanol–water partition coefficient (Wildman–Crippen LogP) is 3.12. The number of nitrogens with zero attached hydrogens (tertiary/aromatic N) is 1. The second-order valence-corrected chi connectivity index (χ2v) is 5.48. The lowest BCUT2D eigenvalue weighted by Crippen LogP contribution is -2.36. The average molecular weight is 280 g/mol. The van der Waals surface area contributed by atoms with E-state index in [9.17, 15) is 5.11 Å². The van der Waals surface area contributed by atoms with Gasteiger partial charge in [0, 0.05) is 12.6 Å². The van der Waals surface area contributed by atoms with Crippen LogP contribution in [0.4, 0.5) is 0 Å². The van der Waals surface area contributed by atoms with Crippen molar-refractivity contribution in [1.82, 2.24) is 5.32 Å². The molecule has 3 heteroatoms. The third kappa shape index (κ3) is 3.91. The largest absolute Gasteiger partial charge is 0.384 e. The van der Waals surface area contributed by atoms with E-state index in [0.29, 0.717) is 12.1 Å². The molecule has 108 valence electrons. The molecule has 2 unspecified atom stereocenters. The number of hydrogen-bond acceptors (Lipinski definition) is 3. The maximum absolute atomic E-state index is 10.6. The van der Waals surface area contributed by atoms with Crippen molar-refractivity contribution in [2.24, 2.45) is 0 Å². The lowest BCUT2D eigenvalue weighted by Gasteiger charge is -2.26. The number of nitrogens with one attached hydrogen (secondary N) is 1. The molecule has 0 heterocycles. The molecule has 2 N–H and O–H groups in total. The van der Waals surface area contributed by atoms with E-state index in [1.54, 1.807) is 6.92 Å². The minimum atomic E-state index is -0.915. The molecule has 0 aliphatic heterocycles. The molecular formula is C18H20N2O. The monoisotopic (exact) mass is 280 g/mol. The van der Waals surface area contributed by atoms with Crippen molar-refractivity contribution in [3.8, 4) is 6.07 Å². The maximum Gasteiger partial charge on any atom is 0.0992 e. The van der Waals surface area contributed by atoms with Crippen LogP contribution in [0.1, 0.15) is 36.6 Å². The molecule has 0 amide bonds. The van der Waals surface area contributed by atoms with E-state index in [0.717, 1.165) is 11.1 Å². The zero-order valence-corrected chi connectivity index (χ0v) is 12.4. The summed E-state index contributed by atoms with van der Waals surface area (Å²) in [5.41, 5.74) is 1.73. The van der Waals surface area contributed by atoms with Gasteiger partial charge in [-0.2, -0.15) is 5.26 Å². The second-order valence-electron chi connectivity index (χ2n) is 5.48. The molecule has 0 spiro atoms. The van der Waals surface area contributed by atoms with Crippen molar-refractivity contribution >= 4 is 0 Å². The quantitative estimate of drug-likeness (QED) is 0.884. The van der Waals surface area contributed by atoms with Gasteiger partial charge >= 0.3 is 0 Å². The minimum absolute atomic E-state index is 0.105. The zero-order chi connectivity index (χ0) is 15.3. The topological polar surface area (TPSA) is 56.0 Å². The van der Waals surface area contributed by atoms with Crippen LogP contribution in [0.3, 0.4) is 0 Å². The lowest BCUT2D eigenvalue weighted by molar-refractivity contribution is 0.0543. The molecule has 2 atom stereocenters. The molecule has 0 aliphatic rings. The highest BCUT2D eigenvalue weighted by molar-refractivity contribution is 5.32. The van der Waals surface area contributed by atoms with Gasteiger partial charge in [-0.3, -0.25) is 0 Å². The number of aliphatic hydroxyl groups is 1. The summed E-state index contributed by atoms with van der Waals surface area (Å²) >= 11 is 0. The Balaban J connectivity index is 2.00. The van der Waals surface area contributed by atoms with Gasteiger partial charge in [0.05, 0.1) is 17.2 Å². The van der Waals surface area contributed by atoms with Crippen LogP contribution >= 0.6 is 0 Å². The fourth-order valence-electron chi connectivity index (χ4n) is 2.22. The Hall–Kier alpha value is -2.15. The Morgan fingerprint density at radius 1 is 1.14 bits per heavy atom. The fraction of sp³-hybridized carbons (Fsp3) is 0.278. The summed E-state index contributed by atoms with van der Waals surface area (Å²) in [5.74, 6) is 0. The Bertz CT molecular complexity index is 612. The van der Waals surface area contributed by atoms with Crippen LogP contribution in [0.5, 0.6) is 0 Å². The first-order valence-electron chi connectivity index (χ1n) is 7.04. The first-order chi connectivity index (χ1) is 10.0. The van der Waals surface area contributed by atoms with Crippen LogP contribution in [0, 0.1) is 11.3 Å². The molecule has 0 radical (unpaired) electrons. The van der Waals surface area contributed by atoms with Crippen molar-refractivity contribution in [2.75, 3.05) is 6.54 Å². The highest BCUT2D eigenvalue weighted by Gasteiger charge is 2.23. The van der Waals surface area contributed by atoms with Crippen molar-refractivity contribution in [1.29, 1.82) is 5.26 Å². The number of nitriles is 1. The van der Waals surface area contributed by atoms with Crippen LogP contribution in [0.2, 0.25) is 0 Å². The smallest absolute Gasteiger partial charge is 0.0992 e. The molecule has 2 aromatic carbocycles. The Labute approximate surface area is 125 Å². The Kier molecular flexibility index (Phi) is 4.74. The van der Waals surface area contributed by atoms with Crippen LogP contribution in [0.15, 0.2) is 54.6 Å². The molecule has 2 rings (SSSR count). The molecule has 0 aliphatic carbocycles. The van der Waals surface area contributed by atoms with Gasteiger partial charge in [-0.15, -0.1) is 0 Å². The average Bonchev–Trinajstić information content (AvgIpc) is 2.53. The summed E-state index contributed by atoms with van der Waals surface area (Å²) in [4.78, 5) is 0. The summed E-state index contributed by atoms with van der Waals surface area (Å²) in [6, 6.07) is 19.3. The Morgan fingerprint density at radius 3 is 2.33 bits per heavy atom. The predicted molar refractivity (Wildman–Crippen MR) is 83.6 cm³/mol. The van der Waals surface area contributed by atoms with Gasteiger partial charge in [0.1, 0.15) is 0 Å². The first-order valence-corrected chi connectivity index (χ1v) is 7.04. The summed E-state index contributed by atoms with van der Waals surface area (Å²) in [5, 5.41) is 22.7. The number of hydrogen-bond donors (Lipinski definition) is 2. The van der Waals surface area contributed by atoms with Gasteiger partial charge < -0.3 is 10.4 Å². The van der Waals surface area contributed by atoms with E-state index in [1.165, 1.54) is 0 Å². The second kappa shape index (κ2) is 6.53. The molecule has 0 saturated carbocycles. The third-order valence-electron chi connectivity index (χ3n) is 3.69. The SMILES string of the molecule is CC(NCC(C)(O)c1ccccc1)c1ccc(C#N)cc1. The molecule has 2 aromatic rings. The maximum atomic E-state index is 10.6. The normalized spacial score (nSPS) is 15.0. The van der Waals surface area contributed by atoms with Crippen molar-refractivity contribution in [2.45, 2.75) is 25.5 Å². The van der Waals surface area contributed by atoms with Crippen molar-refractivity contribution in [3.05, 3.63) is 71.3 Å². The molecule has 0 bridgehead atoms. The minimum Gasteiger partial charge on any atom is -0.384 e. The third-order valence-corrected chi connectivity index (χ3v) is 3.69. The first kappa shape index (κ1) is 15.2. The van der Waals surface area contributed by atoms with E-state index < -0.39 is 5.60 Å². The van der Waals surface area contributed by atoms with Gasteiger partial charge in [-0.05, 0) is 37.1 Å². The van der Waals surface area contributed by atoms with E-state index in [-0.39, 0.29) is 6.04 Å². The van der Waals surface area contributed by atoms with Crippen LogP contribution in [-0.4, -0.2) is 11.7 Å². The number of benzene rings is 2. The van der Waals surface area contributed by atoms with Crippen molar-refractivity contribution in [3.63, 3.8) is 0 Å². The van der Waals surface area contributed by atoms with E-state index in [1.807, 2.05) is 61.5 Å². The van der Waals surface area contributed by atoms with Gasteiger partial charge in [0.25, 0.3) is 0 Å². The number of rotatable bonds is 5. The molecule has 0 saturated heterocycles. The lowest BCUT2D eigenvalue weighted by atomic mass is 9.95. The van der Waals surface area contributed by atoms with E-state index in [4.69, 9.17) is 5.26 Å². The molecule has 21 heavy (non-hydrogen) atoms. The summed E-state index contributed by atoms with van der Waals surface area (Å²) in [6.07, 6.45) is 0. The van der Waals surface area contributed by atoms with Gasteiger partial charge in [0.15, 0.2) is 0 Å². The summed E-state index contributed by atoms with van der Waals surface area (Å²) in [7, 11) is 0. The highest BCUT2D eigenvalue weighted by atomic mass is 16.3. The molecule has 0 fully saturated rings. The van der Waals surface area contributed by atoms with Gasteiger partial charge in [-0.25, -0.2) is 0 Å². The fourth-order valence-corrected chi connectivity index (χ4v) is 2.22. The molecule has 3 nitrogen and oxygen atoms in total. The standard InChI is InChI=1S/C18H20N2O/c1-14(16-10-8-15(12-19)9-11-16)20-13-18(2,21)17-6-4-3-5-7-17/h3-11,14,20-21H,13H2,1-2H3. The Morgan fingerprint density at radius 2 is 1.76 bits per heavy atom. The van der Waals surface area contributed by atoms with Crippen molar-refractivity contribution < 1.29 is 5.11 Å². The van der Waals surface area contributed by atoms with Crippen LogP contribution < -0.4 is 5.32 Å². The van der Waals surface area contributed by atoms with Gasteiger partial charge in [0.2, 0.25) is 0 Å². The van der Waals surface area contributed by atoms with Crippen LogP contribution in [0.25, 0.3) is 0 Å².